The summed E-state index contributed by atoms with van der Waals surface area (Å²) < 4.78 is 0. The van der Waals surface area contributed by atoms with Crippen molar-refractivity contribution in [3.8, 4) is 0 Å². The minimum atomic E-state index is -0.404. The highest BCUT2D eigenvalue weighted by atomic mass is 32.2. The Hall–Kier alpha value is -1.00. The van der Waals surface area contributed by atoms with Gasteiger partial charge in [-0.15, -0.1) is 11.8 Å². The predicted molar refractivity (Wildman–Crippen MR) is 82.2 cm³/mol. The molecule has 0 saturated carbocycles. The van der Waals surface area contributed by atoms with Crippen LogP contribution in [-0.4, -0.2) is 23.7 Å². The average molecular weight is 280 g/mol. The summed E-state index contributed by atoms with van der Waals surface area (Å²) in [6, 6.07) is 9.79. The lowest BCUT2D eigenvalue weighted by Gasteiger charge is -2.19. The Bertz CT molecular complexity index is 383. The highest BCUT2D eigenvalue weighted by Gasteiger charge is 2.19. The second kappa shape index (κ2) is 8.23. The number of carbonyl (C=O) groups excluding carboxylic acids is 1. The quantitative estimate of drug-likeness (QED) is 0.755. The van der Waals surface area contributed by atoms with E-state index in [4.69, 9.17) is 5.73 Å². The topological polar surface area (TPSA) is 55.1 Å². The average Bonchev–Trinajstić information content (AvgIpc) is 2.44. The molecule has 0 aliphatic heterocycles. The Kier molecular flexibility index (Phi) is 6.95. The van der Waals surface area contributed by atoms with Gasteiger partial charge in [0.25, 0.3) is 0 Å². The summed E-state index contributed by atoms with van der Waals surface area (Å²) >= 11 is 1.76. The Labute approximate surface area is 120 Å². The molecule has 3 nitrogen and oxygen atoms in total. The molecule has 0 radical (unpaired) electrons. The van der Waals surface area contributed by atoms with Gasteiger partial charge in [0.15, 0.2) is 0 Å². The van der Waals surface area contributed by atoms with Gasteiger partial charge in [0.05, 0.1) is 6.04 Å². The second-order valence-corrected chi connectivity index (χ2v) is 6.41. The number of nitrogens with one attached hydrogen (secondary N) is 1. The highest BCUT2D eigenvalue weighted by Crippen LogP contribution is 2.21. The molecule has 1 amide bonds. The molecular weight excluding hydrogens is 256 g/mol. The lowest BCUT2D eigenvalue weighted by molar-refractivity contribution is -0.123. The van der Waals surface area contributed by atoms with Crippen molar-refractivity contribution in [1.82, 2.24) is 5.32 Å². The van der Waals surface area contributed by atoms with E-state index in [1.807, 2.05) is 32.0 Å². The van der Waals surface area contributed by atoms with Gasteiger partial charge in [-0.3, -0.25) is 4.79 Å². The summed E-state index contributed by atoms with van der Waals surface area (Å²) in [7, 11) is 0. The van der Waals surface area contributed by atoms with Crippen LogP contribution in [0.15, 0.2) is 35.2 Å². The lowest BCUT2D eigenvalue weighted by Crippen LogP contribution is -2.46. The Balaban J connectivity index is 2.34. The first kappa shape index (κ1) is 16.1. The SMILES string of the molecule is CCC(C)C(N)C(=O)NCC(C)Sc1ccccc1. The number of hydrogen-bond acceptors (Lipinski definition) is 3. The van der Waals surface area contributed by atoms with Crippen molar-refractivity contribution in [1.29, 1.82) is 0 Å². The largest absolute Gasteiger partial charge is 0.354 e. The van der Waals surface area contributed by atoms with Crippen LogP contribution in [0.5, 0.6) is 0 Å². The maximum Gasteiger partial charge on any atom is 0.237 e. The number of benzene rings is 1. The molecule has 106 valence electrons. The van der Waals surface area contributed by atoms with Crippen LogP contribution in [0.4, 0.5) is 0 Å². The van der Waals surface area contributed by atoms with Crippen LogP contribution in [0.2, 0.25) is 0 Å². The zero-order valence-corrected chi connectivity index (χ0v) is 12.7. The predicted octanol–water partition coefficient (Wildman–Crippen LogP) is 2.66. The highest BCUT2D eigenvalue weighted by molar-refractivity contribution is 8.00. The molecule has 0 aliphatic rings. The Morgan fingerprint density at radius 1 is 1.32 bits per heavy atom. The van der Waals surface area contributed by atoms with Gasteiger partial charge < -0.3 is 11.1 Å². The van der Waals surface area contributed by atoms with Crippen LogP contribution in [0, 0.1) is 5.92 Å². The van der Waals surface area contributed by atoms with Gasteiger partial charge in [-0.05, 0) is 18.1 Å². The van der Waals surface area contributed by atoms with Gasteiger partial charge in [-0.1, -0.05) is 45.4 Å². The van der Waals surface area contributed by atoms with Gasteiger partial charge in [0.1, 0.15) is 0 Å². The van der Waals surface area contributed by atoms with Gasteiger partial charge in [-0.25, -0.2) is 0 Å². The number of thioether (sulfide) groups is 1. The molecule has 3 atom stereocenters. The van der Waals surface area contributed by atoms with E-state index in [0.29, 0.717) is 11.8 Å². The van der Waals surface area contributed by atoms with Crippen molar-refractivity contribution in [2.24, 2.45) is 11.7 Å². The van der Waals surface area contributed by atoms with E-state index in [0.717, 1.165) is 6.42 Å². The van der Waals surface area contributed by atoms with Crippen molar-refractivity contribution < 1.29 is 4.79 Å². The third kappa shape index (κ3) is 5.66. The first-order chi connectivity index (χ1) is 9.04. The van der Waals surface area contributed by atoms with E-state index in [-0.39, 0.29) is 11.8 Å². The molecule has 0 aliphatic carbocycles. The zero-order valence-electron chi connectivity index (χ0n) is 11.9. The van der Waals surface area contributed by atoms with Crippen molar-refractivity contribution in [2.45, 2.75) is 43.4 Å². The summed E-state index contributed by atoms with van der Waals surface area (Å²) in [5.41, 5.74) is 5.89. The number of carbonyl (C=O) groups is 1. The number of amides is 1. The molecule has 1 aromatic carbocycles. The molecule has 0 aromatic heterocycles. The van der Waals surface area contributed by atoms with Crippen LogP contribution in [0.1, 0.15) is 27.2 Å². The fraction of sp³-hybridized carbons (Fsp3) is 0.533. The third-order valence-corrected chi connectivity index (χ3v) is 4.32. The first-order valence-corrected chi connectivity index (χ1v) is 7.67. The van der Waals surface area contributed by atoms with E-state index in [9.17, 15) is 4.79 Å². The fourth-order valence-corrected chi connectivity index (χ4v) is 2.59. The van der Waals surface area contributed by atoms with E-state index in [1.165, 1.54) is 4.90 Å². The molecule has 19 heavy (non-hydrogen) atoms. The molecular formula is C15H24N2OS. The molecule has 0 saturated heterocycles. The van der Waals surface area contributed by atoms with Crippen molar-refractivity contribution in [2.75, 3.05) is 6.54 Å². The summed E-state index contributed by atoms with van der Waals surface area (Å²) in [6.45, 7) is 6.80. The van der Waals surface area contributed by atoms with Crippen LogP contribution < -0.4 is 11.1 Å². The Morgan fingerprint density at radius 2 is 1.95 bits per heavy atom. The Morgan fingerprint density at radius 3 is 2.53 bits per heavy atom. The van der Waals surface area contributed by atoms with E-state index >= 15 is 0 Å². The molecule has 1 rings (SSSR count). The third-order valence-electron chi connectivity index (χ3n) is 3.20. The molecule has 1 aromatic rings. The normalized spacial score (nSPS) is 15.6. The monoisotopic (exact) mass is 280 g/mol. The lowest BCUT2D eigenvalue weighted by atomic mass is 9.99. The summed E-state index contributed by atoms with van der Waals surface area (Å²) in [5, 5.41) is 3.26. The number of nitrogens with two attached hydrogens (primary N) is 1. The molecule has 0 heterocycles. The maximum atomic E-state index is 11.9. The summed E-state index contributed by atoms with van der Waals surface area (Å²) in [4.78, 5) is 13.1. The van der Waals surface area contributed by atoms with Crippen molar-refractivity contribution in [3.05, 3.63) is 30.3 Å². The zero-order chi connectivity index (χ0) is 14.3. The van der Waals surface area contributed by atoms with Gasteiger partial charge >= 0.3 is 0 Å². The van der Waals surface area contributed by atoms with E-state index < -0.39 is 6.04 Å². The smallest absolute Gasteiger partial charge is 0.237 e. The first-order valence-electron chi connectivity index (χ1n) is 6.79. The van der Waals surface area contributed by atoms with Gasteiger partial charge in [-0.2, -0.15) is 0 Å². The summed E-state index contributed by atoms with van der Waals surface area (Å²) in [5.74, 6) is 0.173. The molecule has 0 bridgehead atoms. The van der Waals surface area contributed by atoms with Crippen molar-refractivity contribution >= 4 is 17.7 Å². The molecule has 3 unspecified atom stereocenters. The molecule has 3 N–H and O–H groups in total. The molecule has 4 heteroatoms. The number of rotatable bonds is 7. The molecule has 0 spiro atoms. The van der Waals surface area contributed by atoms with Crippen molar-refractivity contribution in [3.63, 3.8) is 0 Å². The fourth-order valence-electron chi connectivity index (χ4n) is 1.65. The summed E-state index contributed by atoms with van der Waals surface area (Å²) in [6.07, 6.45) is 0.920. The van der Waals surface area contributed by atoms with Crippen LogP contribution in [0.3, 0.4) is 0 Å². The van der Waals surface area contributed by atoms with Gasteiger partial charge in [0, 0.05) is 16.7 Å². The van der Waals surface area contributed by atoms with Crippen LogP contribution in [-0.2, 0) is 4.79 Å². The number of hydrogen-bond donors (Lipinski definition) is 2. The van der Waals surface area contributed by atoms with Crippen LogP contribution >= 0.6 is 11.8 Å². The van der Waals surface area contributed by atoms with E-state index in [2.05, 4.69) is 24.4 Å². The maximum absolute atomic E-state index is 11.9. The standard InChI is InChI=1S/C15H24N2OS/c1-4-11(2)14(16)15(18)17-10-12(3)19-13-8-6-5-7-9-13/h5-9,11-12,14H,4,10,16H2,1-3H3,(H,17,18). The minimum absolute atomic E-state index is 0.0464. The van der Waals surface area contributed by atoms with Gasteiger partial charge in [0.2, 0.25) is 5.91 Å². The van der Waals surface area contributed by atoms with Crippen LogP contribution in [0.25, 0.3) is 0 Å². The minimum Gasteiger partial charge on any atom is -0.354 e. The van der Waals surface area contributed by atoms with E-state index in [1.54, 1.807) is 11.8 Å². The second-order valence-electron chi connectivity index (χ2n) is 4.90. The molecule has 0 fully saturated rings.